The SMILES string of the molecule is CCOC(=O)CN1C(=O)[C@]2(N[C@H](Cc3ccccc3)[C@H]3C(=O)N(c4cccc5ccccc45)C(=O)[C@@H]32)c2ccccc21. The second-order valence-electron chi connectivity index (χ2n) is 11.0. The Morgan fingerprint density at radius 3 is 2.33 bits per heavy atom. The van der Waals surface area contributed by atoms with Gasteiger partial charge in [0.2, 0.25) is 11.8 Å². The summed E-state index contributed by atoms with van der Waals surface area (Å²) < 4.78 is 5.18. The number of amides is 3. The summed E-state index contributed by atoms with van der Waals surface area (Å²) in [6, 6.07) is 29.6. The molecule has 3 aliphatic rings. The van der Waals surface area contributed by atoms with Crippen LogP contribution >= 0.6 is 0 Å². The molecule has 7 rings (SSSR count). The number of anilines is 2. The molecule has 210 valence electrons. The Morgan fingerprint density at radius 1 is 0.833 bits per heavy atom. The summed E-state index contributed by atoms with van der Waals surface area (Å²) in [5, 5.41) is 5.21. The molecule has 8 nitrogen and oxygen atoms in total. The lowest BCUT2D eigenvalue weighted by atomic mass is 9.76. The average molecular weight is 560 g/mol. The number of carbonyl (C=O) groups excluding carboxylic acids is 4. The van der Waals surface area contributed by atoms with Crippen molar-refractivity contribution in [1.29, 1.82) is 0 Å². The number of nitrogens with one attached hydrogen (secondary N) is 1. The zero-order valence-electron chi connectivity index (χ0n) is 23.0. The number of imide groups is 1. The first-order valence-electron chi connectivity index (χ1n) is 14.2. The predicted molar refractivity (Wildman–Crippen MR) is 158 cm³/mol. The molecule has 0 saturated carbocycles. The van der Waals surface area contributed by atoms with Crippen molar-refractivity contribution < 1.29 is 23.9 Å². The van der Waals surface area contributed by atoms with E-state index >= 15 is 0 Å². The molecule has 1 spiro atoms. The van der Waals surface area contributed by atoms with E-state index < -0.39 is 41.2 Å². The van der Waals surface area contributed by atoms with Crippen LogP contribution in [0.4, 0.5) is 11.4 Å². The highest BCUT2D eigenvalue weighted by molar-refractivity contribution is 6.28. The van der Waals surface area contributed by atoms with Gasteiger partial charge >= 0.3 is 5.97 Å². The van der Waals surface area contributed by atoms with Gasteiger partial charge in [0.1, 0.15) is 12.1 Å². The summed E-state index contributed by atoms with van der Waals surface area (Å²) >= 11 is 0. The topological polar surface area (TPSA) is 96.0 Å². The Morgan fingerprint density at radius 2 is 1.52 bits per heavy atom. The third-order valence-electron chi connectivity index (χ3n) is 8.76. The highest BCUT2D eigenvalue weighted by Crippen LogP contribution is 2.55. The van der Waals surface area contributed by atoms with E-state index in [-0.39, 0.29) is 19.1 Å². The molecule has 8 heteroatoms. The van der Waals surface area contributed by atoms with Crippen LogP contribution in [0.15, 0.2) is 97.1 Å². The predicted octanol–water partition coefficient (Wildman–Crippen LogP) is 3.97. The van der Waals surface area contributed by atoms with E-state index in [4.69, 9.17) is 4.74 Å². The fourth-order valence-electron chi connectivity index (χ4n) is 7.12. The molecule has 0 aliphatic carbocycles. The van der Waals surface area contributed by atoms with Gasteiger partial charge in [-0.3, -0.25) is 29.4 Å². The standard InChI is InChI=1S/C34H29N3O5/c1-2-42-28(38)20-36-27-17-9-8-16-24(27)34(33(36)41)30-29(25(35-34)19-21-11-4-3-5-12-21)31(39)37(32(30)40)26-18-10-14-22-13-6-7-15-23(22)26/h3-18,25,29-30,35H,2,19-20H2,1H3/t25-,29-,30-,34+/m1/s1. The van der Waals surface area contributed by atoms with Crippen LogP contribution in [0.25, 0.3) is 10.8 Å². The molecule has 0 radical (unpaired) electrons. The first-order chi connectivity index (χ1) is 20.5. The number of rotatable bonds is 6. The van der Waals surface area contributed by atoms with Crippen molar-refractivity contribution in [3.05, 3.63) is 108 Å². The molecule has 1 N–H and O–H groups in total. The third-order valence-corrected chi connectivity index (χ3v) is 8.76. The highest BCUT2D eigenvalue weighted by atomic mass is 16.5. The highest BCUT2D eigenvalue weighted by Gasteiger charge is 2.71. The maximum atomic E-state index is 14.6. The van der Waals surface area contributed by atoms with Gasteiger partial charge in [-0.25, -0.2) is 4.90 Å². The molecule has 4 aromatic rings. The number of benzene rings is 4. The Kier molecular flexibility index (Phi) is 6.17. The number of esters is 1. The minimum Gasteiger partial charge on any atom is -0.465 e. The zero-order valence-corrected chi connectivity index (χ0v) is 23.0. The van der Waals surface area contributed by atoms with Gasteiger partial charge in [0, 0.05) is 22.7 Å². The maximum absolute atomic E-state index is 14.6. The average Bonchev–Trinajstić information content (AvgIpc) is 3.56. The van der Waals surface area contributed by atoms with E-state index in [1.807, 2.05) is 78.9 Å². The molecule has 3 aliphatic heterocycles. The van der Waals surface area contributed by atoms with Crippen molar-refractivity contribution in [1.82, 2.24) is 5.32 Å². The van der Waals surface area contributed by atoms with Crippen molar-refractivity contribution in [3.63, 3.8) is 0 Å². The second-order valence-corrected chi connectivity index (χ2v) is 11.0. The molecule has 0 unspecified atom stereocenters. The molecule has 4 atom stereocenters. The summed E-state index contributed by atoms with van der Waals surface area (Å²) in [5.74, 6) is -3.52. The van der Waals surface area contributed by atoms with Gasteiger partial charge in [-0.2, -0.15) is 0 Å². The summed E-state index contributed by atoms with van der Waals surface area (Å²) in [6.45, 7) is 1.60. The van der Waals surface area contributed by atoms with Gasteiger partial charge in [0.15, 0.2) is 0 Å². The lowest BCUT2D eigenvalue weighted by Gasteiger charge is -2.30. The zero-order chi connectivity index (χ0) is 29.0. The molecule has 42 heavy (non-hydrogen) atoms. The van der Waals surface area contributed by atoms with Crippen LogP contribution in [-0.2, 0) is 35.9 Å². The van der Waals surface area contributed by atoms with E-state index in [0.29, 0.717) is 23.4 Å². The third kappa shape index (κ3) is 3.72. The number of nitrogens with zero attached hydrogens (tertiary/aromatic N) is 2. The van der Waals surface area contributed by atoms with E-state index in [2.05, 4.69) is 5.32 Å². The van der Waals surface area contributed by atoms with Crippen molar-refractivity contribution >= 4 is 45.8 Å². The van der Waals surface area contributed by atoms with E-state index in [1.54, 1.807) is 25.1 Å². The molecule has 2 saturated heterocycles. The van der Waals surface area contributed by atoms with E-state index in [0.717, 1.165) is 16.3 Å². The van der Waals surface area contributed by atoms with Crippen LogP contribution in [0.5, 0.6) is 0 Å². The largest absolute Gasteiger partial charge is 0.465 e. The molecule has 3 amide bonds. The van der Waals surface area contributed by atoms with Crippen LogP contribution in [0.3, 0.4) is 0 Å². The van der Waals surface area contributed by atoms with Gasteiger partial charge < -0.3 is 4.74 Å². The summed E-state index contributed by atoms with van der Waals surface area (Å²) in [7, 11) is 0. The van der Waals surface area contributed by atoms with Gasteiger partial charge in [0.05, 0.1) is 24.1 Å². The van der Waals surface area contributed by atoms with Crippen molar-refractivity contribution in [2.75, 3.05) is 23.0 Å². The van der Waals surface area contributed by atoms with Crippen molar-refractivity contribution in [2.45, 2.75) is 24.9 Å². The Labute approximate surface area is 242 Å². The van der Waals surface area contributed by atoms with Crippen LogP contribution in [0.1, 0.15) is 18.1 Å². The summed E-state index contributed by atoms with van der Waals surface area (Å²) in [6.07, 6.45) is 0.444. The molecule has 2 fully saturated rings. The number of para-hydroxylation sites is 1. The molecule has 4 aromatic carbocycles. The minimum absolute atomic E-state index is 0.183. The number of hydrogen-bond donors (Lipinski definition) is 1. The molecule has 0 aromatic heterocycles. The van der Waals surface area contributed by atoms with Gasteiger partial charge in [0.25, 0.3) is 5.91 Å². The number of hydrogen-bond acceptors (Lipinski definition) is 6. The van der Waals surface area contributed by atoms with Crippen LogP contribution in [0.2, 0.25) is 0 Å². The van der Waals surface area contributed by atoms with Crippen LogP contribution < -0.4 is 15.1 Å². The van der Waals surface area contributed by atoms with Crippen LogP contribution in [-0.4, -0.2) is 42.9 Å². The molecular formula is C34H29N3O5. The number of ether oxygens (including phenoxy) is 1. The quantitative estimate of drug-likeness (QED) is 0.284. The lowest BCUT2D eigenvalue weighted by Crippen LogP contribution is -2.56. The van der Waals surface area contributed by atoms with Gasteiger partial charge in [-0.05, 0) is 36.4 Å². The normalized spacial score (nSPS) is 24.5. The Hall–Kier alpha value is -4.82. The lowest BCUT2D eigenvalue weighted by molar-refractivity contribution is -0.142. The summed E-state index contributed by atoms with van der Waals surface area (Å²) in [5.41, 5.74) is 1.10. The fraction of sp³-hybridized carbons (Fsp3) is 0.235. The minimum atomic E-state index is -1.51. The van der Waals surface area contributed by atoms with Gasteiger partial charge in [-0.1, -0.05) is 84.9 Å². The number of carbonyl (C=O) groups is 4. The Balaban J connectivity index is 1.39. The monoisotopic (exact) mass is 559 g/mol. The van der Waals surface area contributed by atoms with Crippen molar-refractivity contribution in [3.8, 4) is 0 Å². The van der Waals surface area contributed by atoms with E-state index in [9.17, 15) is 19.2 Å². The first-order valence-corrected chi connectivity index (χ1v) is 14.2. The smallest absolute Gasteiger partial charge is 0.326 e. The Bertz CT molecular complexity index is 1750. The van der Waals surface area contributed by atoms with E-state index in [1.165, 1.54) is 9.80 Å². The van der Waals surface area contributed by atoms with Crippen molar-refractivity contribution in [2.24, 2.45) is 11.8 Å². The molecule has 0 bridgehead atoms. The number of fused-ring (bicyclic) bond motifs is 5. The summed E-state index contributed by atoms with van der Waals surface area (Å²) in [4.78, 5) is 58.8. The second kappa shape index (κ2) is 9.92. The first kappa shape index (κ1) is 26.1. The van der Waals surface area contributed by atoms with Gasteiger partial charge in [-0.15, -0.1) is 0 Å². The maximum Gasteiger partial charge on any atom is 0.326 e. The van der Waals surface area contributed by atoms with Crippen LogP contribution in [0, 0.1) is 11.8 Å². The molecular weight excluding hydrogens is 530 g/mol. The fourth-order valence-corrected chi connectivity index (χ4v) is 7.12. The molecule has 3 heterocycles.